The van der Waals surface area contributed by atoms with Crippen LogP contribution in [0.3, 0.4) is 0 Å². The number of likely N-dealkylation sites (tertiary alicyclic amines) is 1. The van der Waals surface area contributed by atoms with Gasteiger partial charge in [0.25, 0.3) is 0 Å². The third kappa shape index (κ3) is 8.23. The van der Waals surface area contributed by atoms with Crippen LogP contribution in [-0.4, -0.2) is 61.4 Å². The molecule has 0 radical (unpaired) electrons. The Hall–Kier alpha value is -1.71. The van der Waals surface area contributed by atoms with Crippen molar-refractivity contribution < 1.29 is 14.6 Å². The van der Waals surface area contributed by atoms with Crippen molar-refractivity contribution in [3.63, 3.8) is 0 Å². The zero-order valence-electron chi connectivity index (χ0n) is 16.1. The van der Waals surface area contributed by atoms with Gasteiger partial charge in [-0.3, -0.25) is 4.99 Å². The molecule has 0 aliphatic carbocycles. The highest BCUT2D eigenvalue weighted by molar-refractivity contribution is 14.0. The summed E-state index contributed by atoms with van der Waals surface area (Å²) in [6.07, 6.45) is 3.47. The van der Waals surface area contributed by atoms with Gasteiger partial charge in [-0.05, 0) is 50.3 Å². The molecule has 0 spiro atoms. The van der Waals surface area contributed by atoms with Gasteiger partial charge in [0, 0.05) is 32.7 Å². The zero-order chi connectivity index (χ0) is 18.8. The van der Waals surface area contributed by atoms with Crippen molar-refractivity contribution in [1.82, 2.24) is 15.5 Å². The molecule has 8 heteroatoms. The Kier molecular flexibility index (Phi) is 10.9. The van der Waals surface area contributed by atoms with Crippen LogP contribution in [0.4, 0.5) is 4.79 Å². The summed E-state index contributed by atoms with van der Waals surface area (Å²) in [5, 5.41) is 16.1. The maximum Gasteiger partial charge on any atom is 0.409 e. The Balaban J connectivity index is 0.00000364. The van der Waals surface area contributed by atoms with Crippen LogP contribution < -0.4 is 10.6 Å². The van der Waals surface area contributed by atoms with E-state index in [1.807, 2.05) is 19.1 Å². The van der Waals surface area contributed by atoms with E-state index in [2.05, 4.69) is 15.6 Å². The van der Waals surface area contributed by atoms with E-state index in [9.17, 15) is 9.90 Å². The van der Waals surface area contributed by atoms with Gasteiger partial charge in [-0.2, -0.15) is 0 Å². The molecule has 27 heavy (non-hydrogen) atoms. The highest BCUT2D eigenvalue weighted by Gasteiger charge is 2.23. The first-order valence-electron chi connectivity index (χ1n) is 9.29. The lowest BCUT2D eigenvalue weighted by molar-refractivity contribution is 0.0963. The average molecular weight is 490 g/mol. The number of nitrogens with zero attached hydrogens (tertiary/aromatic N) is 2. The van der Waals surface area contributed by atoms with E-state index in [0.29, 0.717) is 31.5 Å². The highest BCUT2D eigenvalue weighted by atomic mass is 127. The molecule has 0 bridgehead atoms. The number of rotatable bonds is 6. The van der Waals surface area contributed by atoms with Crippen LogP contribution in [0, 0.1) is 0 Å². The number of aryl methyl sites for hydroxylation is 1. The number of hydrogen-bond acceptors (Lipinski definition) is 4. The van der Waals surface area contributed by atoms with E-state index >= 15 is 0 Å². The molecule has 1 aliphatic rings. The number of halogens is 1. The molecule has 0 unspecified atom stereocenters. The largest absolute Gasteiger partial charge is 0.508 e. The van der Waals surface area contributed by atoms with E-state index in [1.165, 1.54) is 5.56 Å². The van der Waals surface area contributed by atoms with Crippen molar-refractivity contribution in [3.8, 4) is 5.75 Å². The van der Waals surface area contributed by atoms with Crippen LogP contribution in [0.25, 0.3) is 0 Å². The van der Waals surface area contributed by atoms with Crippen molar-refractivity contribution in [2.24, 2.45) is 4.99 Å². The summed E-state index contributed by atoms with van der Waals surface area (Å²) in [5.41, 5.74) is 1.21. The Labute approximate surface area is 178 Å². The standard InChI is InChI=1S/C19H30N4O3.HI/c1-3-26-19(25)23-13-10-16(11-14-23)22-18(20-2)21-12-4-5-15-6-8-17(24)9-7-15;/h6-9,16,24H,3-5,10-14H2,1-2H3,(H2,20,21,22);1H. The minimum Gasteiger partial charge on any atom is -0.508 e. The maximum atomic E-state index is 11.7. The van der Waals surface area contributed by atoms with Crippen molar-refractivity contribution in [2.75, 3.05) is 33.3 Å². The molecule has 1 fully saturated rings. The van der Waals surface area contributed by atoms with Crippen molar-refractivity contribution in [2.45, 2.75) is 38.6 Å². The quantitative estimate of drug-likeness (QED) is 0.247. The number of carbonyl (C=O) groups is 1. The summed E-state index contributed by atoms with van der Waals surface area (Å²) >= 11 is 0. The summed E-state index contributed by atoms with van der Waals surface area (Å²) in [4.78, 5) is 17.8. The molecule has 0 atom stereocenters. The Morgan fingerprint density at radius 1 is 1.30 bits per heavy atom. The van der Waals surface area contributed by atoms with E-state index in [0.717, 1.165) is 38.2 Å². The second-order valence-electron chi connectivity index (χ2n) is 6.37. The van der Waals surface area contributed by atoms with Crippen LogP contribution in [0.2, 0.25) is 0 Å². The van der Waals surface area contributed by atoms with Crippen LogP contribution in [0.1, 0.15) is 31.7 Å². The van der Waals surface area contributed by atoms with Gasteiger partial charge < -0.3 is 25.4 Å². The van der Waals surface area contributed by atoms with Gasteiger partial charge in [-0.1, -0.05) is 12.1 Å². The molecule has 1 aromatic carbocycles. The number of phenols is 1. The first-order valence-corrected chi connectivity index (χ1v) is 9.29. The number of piperidine rings is 1. The normalized spacial score (nSPS) is 15.0. The predicted molar refractivity (Wildman–Crippen MR) is 118 cm³/mol. The lowest BCUT2D eigenvalue weighted by Gasteiger charge is -2.32. The number of hydrogen-bond donors (Lipinski definition) is 3. The van der Waals surface area contributed by atoms with Gasteiger partial charge in [-0.25, -0.2) is 4.79 Å². The maximum absolute atomic E-state index is 11.7. The predicted octanol–water partition coefficient (Wildman–Crippen LogP) is 2.73. The lowest BCUT2D eigenvalue weighted by atomic mass is 10.1. The molecule has 152 valence electrons. The van der Waals surface area contributed by atoms with E-state index in [4.69, 9.17) is 4.74 Å². The average Bonchev–Trinajstić information content (AvgIpc) is 2.66. The van der Waals surface area contributed by atoms with E-state index in [-0.39, 0.29) is 30.1 Å². The molecule has 0 saturated carbocycles. The molecule has 1 aliphatic heterocycles. The topological polar surface area (TPSA) is 86.2 Å². The molecule has 7 nitrogen and oxygen atoms in total. The fraction of sp³-hybridized carbons (Fsp3) is 0.579. The van der Waals surface area contributed by atoms with Gasteiger partial charge >= 0.3 is 6.09 Å². The summed E-state index contributed by atoms with van der Waals surface area (Å²) in [5.74, 6) is 1.09. The molecule has 3 N–H and O–H groups in total. The summed E-state index contributed by atoms with van der Waals surface area (Å²) in [6.45, 7) is 4.46. The van der Waals surface area contributed by atoms with Crippen LogP contribution >= 0.6 is 24.0 Å². The summed E-state index contributed by atoms with van der Waals surface area (Å²) in [6, 6.07) is 7.63. The third-order valence-electron chi connectivity index (χ3n) is 4.46. The van der Waals surface area contributed by atoms with Crippen molar-refractivity contribution in [3.05, 3.63) is 29.8 Å². The molecule has 1 aromatic rings. The Morgan fingerprint density at radius 3 is 2.56 bits per heavy atom. The first-order chi connectivity index (χ1) is 12.6. The van der Waals surface area contributed by atoms with Crippen LogP contribution in [-0.2, 0) is 11.2 Å². The summed E-state index contributed by atoms with van der Waals surface area (Å²) in [7, 11) is 1.77. The second-order valence-corrected chi connectivity index (χ2v) is 6.37. The molecule has 1 heterocycles. The minimum atomic E-state index is -0.220. The second kappa shape index (κ2) is 12.6. The van der Waals surface area contributed by atoms with Gasteiger partial charge in [0.2, 0.25) is 0 Å². The molecule has 0 aromatic heterocycles. The third-order valence-corrected chi connectivity index (χ3v) is 4.46. The molecular weight excluding hydrogens is 459 g/mol. The van der Waals surface area contributed by atoms with Crippen LogP contribution in [0.15, 0.2) is 29.3 Å². The van der Waals surface area contributed by atoms with Crippen molar-refractivity contribution >= 4 is 36.0 Å². The van der Waals surface area contributed by atoms with Crippen molar-refractivity contribution in [1.29, 1.82) is 0 Å². The lowest BCUT2D eigenvalue weighted by Crippen LogP contribution is -2.50. The number of carbonyl (C=O) groups excluding carboxylic acids is 1. The number of nitrogens with one attached hydrogen (secondary N) is 2. The Bertz CT molecular complexity index is 587. The number of aliphatic imine (C=N–C) groups is 1. The number of amides is 1. The van der Waals surface area contributed by atoms with Gasteiger partial charge in [0.1, 0.15) is 5.75 Å². The Morgan fingerprint density at radius 2 is 1.96 bits per heavy atom. The van der Waals surface area contributed by atoms with E-state index < -0.39 is 0 Å². The SMILES string of the molecule is CCOC(=O)N1CCC(NC(=NC)NCCCc2ccc(O)cc2)CC1.I. The molecule has 1 amide bonds. The van der Waals surface area contributed by atoms with Gasteiger partial charge in [-0.15, -0.1) is 24.0 Å². The monoisotopic (exact) mass is 490 g/mol. The van der Waals surface area contributed by atoms with Gasteiger partial charge in [0.05, 0.1) is 6.61 Å². The molecule has 1 saturated heterocycles. The number of ether oxygens (including phenoxy) is 1. The smallest absolute Gasteiger partial charge is 0.409 e. The fourth-order valence-corrected chi connectivity index (χ4v) is 2.97. The number of guanidine groups is 1. The van der Waals surface area contributed by atoms with Crippen LogP contribution in [0.5, 0.6) is 5.75 Å². The zero-order valence-corrected chi connectivity index (χ0v) is 18.4. The van der Waals surface area contributed by atoms with E-state index in [1.54, 1.807) is 24.1 Å². The number of phenolic OH excluding ortho intramolecular Hbond substituents is 1. The molecule has 2 rings (SSSR count). The fourth-order valence-electron chi connectivity index (χ4n) is 2.97. The highest BCUT2D eigenvalue weighted by Crippen LogP contribution is 2.12. The number of aromatic hydroxyl groups is 1. The summed E-state index contributed by atoms with van der Waals surface area (Å²) < 4.78 is 5.04. The van der Waals surface area contributed by atoms with Gasteiger partial charge in [0.15, 0.2) is 5.96 Å². The molecular formula is C19H31IN4O3. The first kappa shape index (κ1) is 23.3. The number of benzene rings is 1. The minimum absolute atomic E-state index is 0.